The van der Waals surface area contributed by atoms with Gasteiger partial charge in [0.1, 0.15) is 0 Å². The summed E-state index contributed by atoms with van der Waals surface area (Å²) in [7, 11) is 0. The molecule has 29 heavy (non-hydrogen) atoms. The summed E-state index contributed by atoms with van der Waals surface area (Å²) < 4.78 is 0. The highest BCUT2D eigenvalue weighted by atomic mass is 32.2. The van der Waals surface area contributed by atoms with Gasteiger partial charge in [-0.05, 0) is 63.0 Å². The Bertz CT molecular complexity index is 711. The van der Waals surface area contributed by atoms with Gasteiger partial charge in [-0.3, -0.25) is 9.59 Å². The Kier molecular flexibility index (Phi) is 9.13. The van der Waals surface area contributed by atoms with Crippen molar-refractivity contribution >= 4 is 23.6 Å². The number of hydrogen-bond acceptors (Lipinski definition) is 3. The van der Waals surface area contributed by atoms with E-state index in [0.29, 0.717) is 23.8 Å². The number of thioether (sulfide) groups is 1. The standard InChI is InChI=1S/C24H34N2O2S/c27-23(26-17-20-11-5-2-6-12-20)18-29-22-14-8-7-13-21(22)24(28)25-16-15-19-9-3-1-4-10-19/h7-9,13-14,20H,1-6,10-12,15-18H2,(H,25,28)(H,26,27). The lowest BCUT2D eigenvalue weighted by atomic mass is 9.89. The van der Waals surface area contributed by atoms with Gasteiger partial charge in [0.15, 0.2) is 0 Å². The topological polar surface area (TPSA) is 58.2 Å². The Labute approximate surface area is 179 Å². The Morgan fingerprint density at radius 3 is 2.62 bits per heavy atom. The van der Waals surface area contributed by atoms with Gasteiger partial charge in [-0.1, -0.05) is 43.0 Å². The Balaban J connectivity index is 1.43. The summed E-state index contributed by atoms with van der Waals surface area (Å²) in [6.45, 7) is 1.46. The first-order chi connectivity index (χ1) is 14.2. The molecule has 0 aliphatic heterocycles. The molecule has 1 aromatic carbocycles. The Hall–Kier alpha value is -1.75. The minimum atomic E-state index is -0.0490. The average Bonchev–Trinajstić information content (AvgIpc) is 2.78. The molecule has 2 N–H and O–H groups in total. The molecule has 158 valence electrons. The fourth-order valence-electron chi connectivity index (χ4n) is 4.19. The van der Waals surface area contributed by atoms with Crippen LogP contribution in [0.25, 0.3) is 0 Å². The maximum atomic E-state index is 12.6. The molecule has 1 saturated carbocycles. The van der Waals surface area contributed by atoms with Gasteiger partial charge in [0, 0.05) is 18.0 Å². The normalized spacial score (nSPS) is 17.4. The van der Waals surface area contributed by atoms with E-state index in [2.05, 4.69) is 16.7 Å². The van der Waals surface area contributed by atoms with Gasteiger partial charge in [-0.25, -0.2) is 0 Å². The van der Waals surface area contributed by atoms with Crippen LogP contribution in [0.2, 0.25) is 0 Å². The summed E-state index contributed by atoms with van der Waals surface area (Å²) in [6.07, 6.45) is 14.5. The number of nitrogens with one attached hydrogen (secondary N) is 2. The van der Waals surface area contributed by atoms with E-state index < -0.39 is 0 Å². The van der Waals surface area contributed by atoms with Crippen LogP contribution in [0.5, 0.6) is 0 Å². The highest BCUT2D eigenvalue weighted by Gasteiger charge is 2.16. The van der Waals surface area contributed by atoms with Crippen LogP contribution in [-0.4, -0.2) is 30.7 Å². The minimum Gasteiger partial charge on any atom is -0.355 e. The van der Waals surface area contributed by atoms with Crippen LogP contribution in [0, 0.1) is 5.92 Å². The van der Waals surface area contributed by atoms with Crippen molar-refractivity contribution in [3.8, 4) is 0 Å². The molecule has 5 heteroatoms. The molecule has 0 unspecified atom stereocenters. The summed E-state index contributed by atoms with van der Waals surface area (Å²) in [5.41, 5.74) is 2.13. The summed E-state index contributed by atoms with van der Waals surface area (Å²) in [5, 5.41) is 6.12. The van der Waals surface area contributed by atoms with E-state index >= 15 is 0 Å². The van der Waals surface area contributed by atoms with Crippen LogP contribution >= 0.6 is 11.8 Å². The number of hydrogen-bond donors (Lipinski definition) is 2. The highest BCUT2D eigenvalue weighted by molar-refractivity contribution is 8.00. The van der Waals surface area contributed by atoms with E-state index in [1.807, 2.05) is 24.3 Å². The van der Waals surface area contributed by atoms with Crippen LogP contribution < -0.4 is 10.6 Å². The van der Waals surface area contributed by atoms with Crippen molar-refractivity contribution in [2.45, 2.75) is 69.1 Å². The largest absolute Gasteiger partial charge is 0.355 e. The van der Waals surface area contributed by atoms with E-state index in [1.165, 1.54) is 68.7 Å². The molecule has 0 saturated heterocycles. The lowest BCUT2D eigenvalue weighted by molar-refractivity contribution is -0.118. The molecular formula is C24H34N2O2S. The summed E-state index contributed by atoms with van der Waals surface area (Å²) >= 11 is 1.45. The van der Waals surface area contributed by atoms with Crippen LogP contribution in [0.1, 0.15) is 74.6 Å². The fraction of sp³-hybridized carbons (Fsp3) is 0.583. The van der Waals surface area contributed by atoms with Gasteiger partial charge in [0.05, 0.1) is 11.3 Å². The first-order valence-corrected chi connectivity index (χ1v) is 12.2. The van der Waals surface area contributed by atoms with Gasteiger partial charge < -0.3 is 10.6 Å². The molecule has 0 bridgehead atoms. The molecule has 4 nitrogen and oxygen atoms in total. The maximum absolute atomic E-state index is 12.6. The van der Waals surface area contributed by atoms with Crippen molar-refractivity contribution in [2.75, 3.05) is 18.8 Å². The van der Waals surface area contributed by atoms with E-state index in [0.717, 1.165) is 24.3 Å². The third kappa shape index (κ3) is 7.54. The summed E-state index contributed by atoms with van der Waals surface area (Å²) in [6, 6.07) is 7.58. The number of carbonyl (C=O) groups is 2. The molecule has 1 fully saturated rings. The van der Waals surface area contributed by atoms with Crippen molar-refractivity contribution in [3.63, 3.8) is 0 Å². The lowest BCUT2D eigenvalue weighted by Gasteiger charge is -2.21. The molecule has 1 aromatic rings. The molecule has 2 amide bonds. The van der Waals surface area contributed by atoms with Crippen molar-refractivity contribution in [1.82, 2.24) is 10.6 Å². The highest BCUT2D eigenvalue weighted by Crippen LogP contribution is 2.24. The maximum Gasteiger partial charge on any atom is 0.252 e. The first-order valence-electron chi connectivity index (χ1n) is 11.2. The average molecular weight is 415 g/mol. The Morgan fingerprint density at radius 1 is 1.00 bits per heavy atom. The summed E-state index contributed by atoms with van der Waals surface area (Å²) in [5.74, 6) is 0.992. The number of rotatable bonds is 9. The fourth-order valence-corrected chi connectivity index (χ4v) is 5.07. The van der Waals surface area contributed by atoms with Gasteiger partial charge >= 0.3 is 0 Å². The first kappa shape index (κ1) is 21.9. The number of amides is 2. The predicted molar refractivity (Wildman–Crippen MR) is 120 cm³/mol. The van der Waals surface area contributed by atoms with Gasteiger partial charge in [-0.2, -0.15) is 0 Å². The second-order valence-corrected chi connectivity index (χ2v) is 9.22. The Morgan fingerprint density at radius 2 is 1.83 bits per heavy atom. The zero-order chi connectivity index (χ0) is 20.3. The van der Waals surface area contributed by atoms with Gasteiger partial charge in [0.2, 0.25) is 5.91 Å². The second-order valence-electron chi connectivity index (χ2n) is 8.21. The van der Waals surface area contributed by atoms with Crippen molar-refractivity contribution in [3.05, 3.63) is 41.5 Å². The quantitative estimate of drug-likeness (QED) is 0.437. The van der Waals surface area contributed by atoms with E-state index in [4.69, 9.17) is 0 Å². The van der Waals surface area contributed by atoms with E-state index in [-0.39, 0.29) is 11.8 Å². The van der Waals surface area contributed by atoms with Crippen LogP contribution in [0.15, 0.2) is 40.8 Å². The summed E-state index contributed by atoms with van der Waals surface area (Å²) in [4.78, 5) is 25.8. The third-order valence-electron chi connectivity index (χ3n) is 5.92. The molecule has 3 rings (SSSR count). The SMILES string of the molecule is O=C(CSc1ccccc1C(=O)NCCC1=CCCCC1)NCC1CCCCC1. The molecule has 2 aliphatic carbocycles. The predicted octanol–water partition coefficient (Wildman–Crippen LogP) is 5.10. The van der Waals surface area contributed by atoms with Gasteiger partial charge in [-0.15, -0.1) is 11.8 Å². The lowest BCUT2D eigenvalue weighted by Crippen LogP contribution is -2.31. The third-order valence-corrected chi connectivity index (χ3v) is 6.99. The smallest absolute Gasteiger partial charge is 0.252 e. The zero-order valence-electron chi connectivity index (χ0n) is 17.4. The van der Waals surface area contributed by atoms with Crippen molar-refractivity contribution < 1.29 is 9.59 Å². The second kappa shape index (κ2) is 12.1. The molecule has 0 heterocycles. The van der Waals surface area contributed by atoms with Gasteiger partial charge in [0.25, 0.3) is 5.91 Å². The monoisotopic (exact) mass is 414 g/mol. The molecule has 0 atom stereocenters. The van der Waals surface area contributed by atoms with Crippen molar-refractivity contribution in [2.24, 2.45) is 5.92 Å². The van der Waals surface area contributed by atoms with Crippen LogP contribution in [0.4, 0.5) is 0 Å². The molecular weight excluding hydrogens is 380 g/mol. The van der Waals surface area contributed by atoms with Crippen LogP contribution in [0.3, 0.4) is 0 Å². The molecule has 2 aliphatic rings. The molecule has 0 aromatic heterocycles. The molecule has 0 spiro atoms. The van der Waals surface area contributed by atoms with E-state index in [9.17, 15) is 9.59 Å². The minimum absolute atomic E-state index is 0.0490. The zero-order valence-corrected chi connectivity index (χ0v) is 18.2. The van der Waals surface area contributed by atoms with Crippen molar-refractivity contribution in [1.29, 1.82) is 0 Å². The van der Waals surface area contributed by atoms with Crippen LogP contribution in [-0.2, 0) is 4.79 Å². The molecule has 0 radical (unpaired) electrons. The number of benzene rings is 1. The van der Waals surface area contributed by atoms with E-state index in [1.54, 1.807) is 0 Å². The number of carbonyl (C=O) groups excluding carboxylic acids is 2. The number of allylic oxidation sites excluding steroid dienone is 1.